The van der Waals surface area contributed by atoms with E-state index in [2.05, 4.69) is 10.3 Å². The summed E-state index contributed by atoms with van der Waals surface area (Å²) in [5.74, 6) is -2.52. The number of hydrogen-bond acceptors (Lipinski definition) is 5. The van der Waals surface area contributed by atoms with Crippen LogP contribution in [0.25, 0.3) is 10.9 Å². The maximum Gasteiger partial charge on any atom is 0.407 e. The van der Waals surface area contributed by atoms with Crippen LogP contribution in [0.3, 0.4) is 0 Å². The summed E-state index contributed by atoms with van der Waals surface area (Å²) in [4.78, 5) is 57.2. The monoisotopic (exact) mass is 557 g/mol. The molecule has 2 fully saturated rings. The molecule has 5 rings (SSSR count). The molecule has 0 spiro atoms. The number of anilines is 1. The van der Waals surface area contributed by atoms with Crippen LogP contribution in [-0.2, 0) is 16.1 Å². The molecule has 11 nitrogen and oxygen atoms in total. The average molecular weight is 558 g/mol. The van der Waals surface area contributed by atoms with Crippen molar-refractivity contribution in [2.24, 2.45) is 0 Å². The molecular weight excluding hydrogens is 533 g/mol. The molecule has 4 amide bonds. The number of aliphatic hydroxyl groups is 1. The van der Waals surface area contributed by atoms with Gasteiger partial charge in [-0.05, 0) is 48.0 Å². The number of piperazine rings is 1. The molecule has 0 bridgehead atoms. The Hall–Kier alpha value is -4.16. The molecule has 3 aromatic rings. The van der Waals surface area contributed by atoms with Crippen LogP contribution in [0.15, 0.2) is 42.5 Å². The van der Waals surface area contributed by atoms with E-state index in [4.69, 9.17) is 16.7 Å². The SMILES string of the molecule is O=C(O)N1CCN(C(=O)c2cc3cc(N4CC[C@](O)(C(=O)NCc5cc(F)cc(Cl)c5)C4=O)ccc3[nH]2)CC1. The van der Waals surface area contributed by atoms with Crippen LogP contribution in [0.5, 0.6) is 0 Å². The largest absolute Gasteiger partial charge is 0.465 e. The highest BCUT2D eigenvalue weighted by Crippen LogP contribution is 2.31. The van der Waals surface area contributed by atoms with Crippen LogP contribution in [0.4, 0.5) is 14.9 Å². The number of benzene rings is 2. The average Bonchev–Trinajstić information content (AvgIpc) is 3.47. The van der Waals surface area contributed by atoms with Gasteiger partial charge in [-0.3, -0.25) is 14.4 Å². The molecule has 13 heteroatoms. The highest BCUT2D eigenvalue weighted by molar-refractivity contribution is 6.30. The lowest BCUT2D eigenvalue weighted by atomic mass is 10.0. The second-order valence-electron chi connectivity index (χ2n) is 9.54. The Labute approximate surface area is 226 Å². The van der Waals surface area contributed by atoms with Crippen molar-refractivity contribution < 1.29 is 33.8 Å². The molecule has 2 aromatic carbocycles. The second-order valence-corrected chi connectivity index (χ2v) is 9.98. The molecule has 2 aliphatic heterocycles. The highest BCUT2D eigenvalue weighted by Gasteiger charge is 2.51. The van der Waals surface area contributed by atoms with E-state index < -0.39 is 29.3 Å². The van der Waals surface area contributed by atoms with Crippen LogP contribution >= 0.6 is 11.6 Å². The first-order valence-electron chi connectivity index (χ1n) is 12.2. The summed E-state index contributed by atoms with van der Waals surface area (Å²) in [5, 5.41) is 23.3. The van der Waals surface area contributed by atoms with Crippen LogP contribution in [-0.4, -0.2) is 87.1 Å². The third kappa shape index (κ3) is 5.12. The Morgan fingerprint density at radius 1 is 1.03 bits per heavy atom. The predicted octanol–water partition coefficient (Wildman–Crippen LogP) is 2.18. The standard InChI is InChI=1S/C26H25ClFN5O6/c27-17-9-15(10-18(28)13-17)14-29-23(35)26(39)3-4-33(24(26)36)19-1-2-20-16(11-19)12-21(30-20)22(34)31-5-7-32(8-6-31)25(37)38/h1-2,9-13,30,39H,3-8,14H2,(H,29,35)(H,37,38)/t26-/m0/s1. The number of aromatic nitrogens is 1. The second kappa shape index (κ2) is 10.2. The van der Waals surface area contributed by atoms with Gasteiger partial charge in [-0.2, -0.15) is 0 Å². The number of halogens is 2. The van der Waals surface area contributed by atoms with Crippen molar-refractivity contribution in [2.75, 3.05) is 37.6 Å². The molecule has 1 atom stereocenters. The third-order valence-electron chi connectivity index (χ3n) is 7.03. The van der Waals surface area contributed by atoms with Gasteiger partial charge in [0.05, 0.1) is 0 Å². The van der Waals surface area contributed by atoms with E-state index in [9.17, 15) is 28.7 Å². The van der Waals surface area contributed by atoms with Crippen LogP contribution in [0, 0.1) is 5.82 Å². The van der Waals surface area contributed by atoms with Gasteiger partial charge in [0, 0.05) is 67.3 Å². The fraction of sp³-hybridized carbons (Fsp3) is 0.308. The zero-order valence-corrected chi connectivity index (χ0v) is 21.4. The molecule has 0 aliphatic carbocycles. The van der Waals surface area contributed by atoms with Crippen molar-refractivity contribution >= 4 is 52.0 Å². The van der Waals surface area contributed by atoms with Gasteiger partial charge in [0.1, 0.15) is 11.5 Å². The summed E-state index contributed by atoms with van der Waals surface area (Å²) in [6, 6.07) is 10.5. The maximum atomic E-state index is 13.6. The van der Waals surface area contributed by atoms with Gasteiger partial charge in [-0.1, -0.05) is 11.6 Å². The lowest BCUT2D eigenvalue weighted by Gasteiger charge is -2.32. The molecule has 0 radical (unpaired) electrons. The van der Waals surface area contributed by atoms with Gasteiger partial charge >= 0.3 is 6.09 Å². The first-order chi connectivity index (χ1) is 18.5. The number of aromatic amines is 1. The van der Waals surface area contributed by atoms with Gasteiger partial charge < -0.3 is 35.2 Å². The minimum atomic E-state index is -2.29. The van der Waals surface area contributed by atoms with E-state index in [1.807, 2.05) is 0 Å². The Kier molecular flexibility index (Phi) is 6.91. The fourth-order valence-corrected chi connectivity index (χ4v) is 5.12. The summed E-state index contributed by atoms with van der Waals surface area (Å²) in [7, 11) is 0. The third-order valence-corrected chi connectivity index (χ3v) is 7.25. The van der Waals surface area contributed by atoms with Crippen molar-refractivity contribution in [3.05, 3.63) is 64.6 Å². The first kappa shape index (κ1) is 26.4. The Morgan fingerprint density at radius 2 is 1.74 bits per heavy atom. The summed E-state index contributed by atoms with van der Waals surface area (Å²) in [6.07, 6.45) is -1.16. The molecular formula is C26H25ClFN5O6. The lowest BCUT2D eigenvalue weighted by Crippen LogP contribution is -2.52. The van der Waals surface area contributed by atoms with Crippen molar-refractivity contribution in [2.45, 2.75) is 18.6 Å². The molecule has 39 heavy (non-hydrogen) atoms. The van der Waals surface area contributed by atoms with Crippen molar-refractivity contribution in [1.82, 2.24) is 20.1 Å². The predicted molar refractivity (Wildman–Crippen MR) is 139 cm³/mol. The number of rotatable bonds is 5. The van der Waals surface area contributed by atoms with E-state index in [0.29, 0.717) is 27.8 Å². The number of carbonyl (C=O) groups is 4. The molecule has 2 aliphatic rings. The normalized spacial score (nSPS) is 19.6. The molecule has 4 N–H and O–H groups in total. The van der Waals surface area contributed by atoms with E-state index >= 15 is 0 Å². The Bertz CT molecular complexity index is 1470. The van der Waals surface area contributed by atoms with E-state index in [-0.39, 0.29) is 56.6 Å². The number of amides is 4. The van der Waals surface area contributed by atoms with Gasteiger partial charge in [-0.15, -0.1) is 0 Å². The zero-order valence-electron chi connectivity index (χ0n) is 20.6. The smallest absolute Gasteiger partial charge is 0.407 e. The first-order valence-corrected chi connectivity index (χ1v) is 12.6. The fourth-order valence-electron chi connectivity index (χ4n) is 4.88. The topological polar surface area (TPSA) is 146 Å². The van der Waals surface area contributed by atoms with Crippen molar-refractivity contribution in [1.29, 1.82) is 0 Å². The Morgan fingerprint density at radius 3 is 2.44 bits per heavy atom. The number of carbonyl (C=O) groups excluding carboxylic acids is 3. The van der Waals surface area contributed by atoms with Gasteiger partial charge in [-0.25, -0.2) is 9.18 Å². The van der Waals surface area contributed by atoms with Crippen molar-refractivity contribution in [3.8, 4) is 0 Å². The summed E-state index contributed by atoms with van der Waals surface area (Å²) in [6.45, 7) is 0.985. The van der Waals surface area contributed by atoms with E-state index in [1.165, 1.54) is 21.9 Å². The molecule has 0 saturated carbocycles. The minimum absolute atomic E-state index is 0.0874. The number of carboxylic acid groups (broad SMARTS) is 1. The van der Waals surface area contributed by atoms with Gasteiger partial charge in [0.15, 0.2) is 0 Å². The van der Waals surface area contributed by atoms with Gasteiger partial charge in [0.25, 0.3) is 17.7 Å². The minimum Gasteiger partial charge on any atom is -0.465 e. The van der Waals surface area contributed by atoms with Crippen molar-refractivity contribution in [3.63, 3.8) is 0 Å². The highest BCUT2D eigenvalue weighted by atomic mass is 35.5. The molecule has 1 aromatic heterocycles. The molecule has 2 saturated heterocycles. The zero-order chi connectivity index (χ0) is 27.9. The van der Waals surface area contributed by atoms with E-state index in [1.54, 1.807) is 29.2 Å². The van der Waals surface area contributed by atoms with Gasteiger partial charge in [0.2, 0.25) is 5.60 Å². The summed E-state index contributed by atoms with van der Waals surface area (Å²) < 4.78 is 13.6. The van der Waals surface area contributed by atoms with Crippen LogP contribution < -0.4 is 10.2 Å². The molecule has 3 heterocycles. The molecule has 0 unspecified atom stereocenters. The number of nitrogens with one attached hydrogen (secondary N) is 2. The summed E-state index contributed by atoms with van der Waals surface area (Å²) >= 11 is 5.84. The number of H-pyrrole nitrogens is 1. The lowest BCUT2D eigenvalue weighted by molar-refractivity contribution is -0.149. The molecule has 204 valence electrons. The van der Waals surface area contributed by atoms with Crippen LogP contribution in [0.2, 0.25) is 5.02 Å². The van der Waals surface area contributed by atoms with Crippen LogP contribution in [0.1, 0.15) is 22.5 Å². The number of fused-ring (bicyclic) bond motifs is 1. The maximum absolute atomic E-state index is 13.6. The quantitative estimate of drug-likeness (QED) is 0.354. The Balaban J connectivity index is 1.27. The summed E-state index contributed by atoms with van der Waals surface area (Å²) in [5.41, 5.74) is -0.483. The number of nitrogens with zero attached hydrogens (tertiary/aromatic N) is 3. The number of hydrogen-bond donors (Lipinski definition) is 4. The van der Waals surface area contributed by atoms with E-state index in [0.717, 1.165) is 6.07 Å².